The van der Waals surface area contributed by atoms with Gasteiger partial charge in [-0.25, -0.2) is 14.4 Å². The van der Waals surface area contributed by atoms with Crippen LogP contribution in [0.2, 0.25) is 0 Å². The van der Waals surface area contributed by atoms with Crippen LogP contribution in [0, 0.1) is 5.92 Å². The molecule has 184 valence electrons. The summed E-state index contributed by atoms with van der Waals surface area (Å²) >= 11 is 1.63. The number of hydrogen-bond acceptors (Lipinski definition) is 8. The quantitative estimate of drug-likeness (QED) is 0.309. The van der Waals surface area contributed by atoms with Gasteiger partial charge in [0, 0.05) is 35.6 Å². The average Bonchev–Trinajstić information content (AvgIpc) is 3.44. The molecule has 10 nitrogen and oxygen atoms in total. The van der Waals surface area contributed by atoms with Gasteiger partial charge < -0.3 is 19.3 Å². The van der Waals surface area contributed by atoms with Crippen molar-refractivity contribution in [1.82, 2.24) is 9.55 Å². The molecule has 1 atom stereocenters. The molecule has 0 saturated carbocycles. The lowest BCUT2D eigenvalue weighted by Gasteiger charge is -2.19. The summed E-state index contributed by atoms with van der Waals surface area (Å²) in [6.07, 6.45) is 4.68. The number of aromatic nitrogens is 2. The van der Waals surface area contributed by atoms with Gasteiger partial charge in [0.05, 0.1) is 23.3 Å². The molecule has 0 aliphatic carbocycles. The third-order valence-corrected chi connectivity index (χ3v) is 6.10. The molecule has 0 bridgehead atoms. The third-order valence-electron chi connectivity index (χ3n) is 4.87. The summed E-state index contributed by atoms with van der Waals surface area (Å²) in [5, 5.41) is 15.6. The van der Waals surface area contributed by atoms with E-state index in [1.807, 2.05) is 57.2 Å². The normalized spacial score (nSPS) is 15.3. The molecule has 1 unspecified atom stereocenters. The van der Waals surface area contributed by atoms with Gasteiger partial charge in [-0.05, 0) is 50.9 Å². The molecule has 0 radical (unpaired) electrons. The van der Waals surface area contributed by atoms with Gasteiger partial charge in [0.15, 0.2) is 5.78 Å². The molecule has 4 rings (SSSR count). The SMILES string of the molecule is CC(C)(C)OC(=O)n1cc(C(=O)C2CSN(c3cccnc3)C2)c2ccccc21.O=C(O)C(=O)O. The van der Waals surface area contributed by atoms with Crippen molar-refractivity contribution in [1.29, 1.82) is 0 Å². The van der Waals surface area contributed by atoms with Gasteiger partial charge in [0.2, 0.25) is 0 Å². The number of hydrogen-bond donors (Lipinski definition) is 2. The number of carboxylic acid groups (broad SMARTS) is 2. The van der Waals surface area contributed by atoms with E-state index in [0.717, 1.165) is 11.1 Å². The third kappa shape index (κ3) is 6.38. The number of carboxylic acids is 2. The number of carbonyl (C=O) groups is 4. The predicted octanol–water partition coefficient (Wildman–Crippen LogP) is 3.94. The molecule has 1 aliphatic heterocycles. The van der Waals surface area contributed by atoms with E-state index in [2.05, 4.69) is 9.29 Å². The van der Waals surface area contributed by atoms with Crippen LogP contribution in [0.25, 0.3) is 10.9 Å². The van der Waals surface area contributed by atoms with Crippen LogP contribution in [0.15, 0.2) is 55.0 Å². The number of nitrogens with zero attached hydrogens (tertiary/aromatic N) is 3. The molecule has 1 aromatic carbocycles. The molecule has 2 aromatic heterocycles. The lowest BCUT2D eigenvalue weighted by atomic mass is 9.98. The van der Waals surface area contributed by atoms with Gasteiger partial charge in [0.1, 0.15) is 5.60 Å². The fourth-order valence-corrected chi connectivity index (χ4v) is 4.54. The first-order valence-corrected chi connectivity index (χ1v) is 11.6. The van der Waals surface area contributed by atoms with Crippen molar-refractivity contribution in [2.24, 2.45) is 5.92 Å². The summed E-state index contributed by atoms with van der Waals surface area (Å²) in [4.78, 5) is 48.4. The van der Waals surface area contributed by atoms with Gasteiger partial charge >= 0.3 is 18.0 Å². The van der Waals surface area contributed by atoms with E-state index in [0.29, 0.717) is 23.4 Å². The van der Waals surface area contributed by atoms with Gasteiger partial charge in [-0.15, -0.1) is 0 Å². The largest absolute Gasteiger partial charge is 0.473 e. The van der Waals surface area contributed by atoms with Crippen molar-refractivity contribution >= 4 is 52.4 Å². The smallest absolute Gasteiger partial charge is 0.419 e. The highest BCUT2D eigenvalue weighted by atomic mass is 32.2. The first-order chi connectivity index (χ1) is 16.5. The lowest BCUT2D eigenvalue weighted by molar-refractivity contribution is -0.159. The first kappa shape index (κ1) is 25.8. The number of anilines is 1. The molecule has 1 aliphatic rings. The van der Waals surface area contributed by atoms with Crippen LogP contribution >= 0.6 is 11.9 Å². The van der Waals surface area contributed by atoms with Crippen molar-refractivity contribution in [2.75, 3.05) is 16.6 Å². The number of ether oxygens (including phenoxy) is 1. The summed E-state index contributed by atoms with van der Waals surface area (Å²) in [5.41, 5.74) is 1.62. The zero-order valence-electron chi connectivity index (χ0n) is 19.4. The predicted molar refractivity (Wildman–Crippen MR) is 131 cm³/mol. The van der Waals surface area contributed by atoms with Gasteiger partial charge in [-0.3, -0.25) is 14.3 Å². The molecule has 3 heterocycles. The monoisotopic (exact) mass is 499 g/mol. The maximum atomic E-state index is 13.3. The zero-order valence-corrected chi connectivity index (χ0v) is 20.2. The van der Waals surface area contributed by atoms with Crippen LogP contribution in [0.4, 0.5) is 10.5 Å². The summed E-state index contributed by atoms with van der Waals surface area (Å²) in [6, 6.07) is 11.3. The highest BCUT2D eigenvalue weighted by Gasteiger charge is 2.32. The van der Waals surface area contributed by atoms with Crippen molar-refractivity contribution < 1.29 is 34.1 Å². The summed E-state index contributed by atoms with van der Waals surface area (Å²) in [7, 11) is 0. The number of pyridine rings is 1. The molecule has 3 aromatic rings. The van der Waals surface area contributed by atoms with E-state index < -0.39 is 23.6 Å². The Labute approximate surface area is 205 Å². The van der Waals surface area contributed by atoms with E-state index in [1.54, 1.807) is 30.5 Å². The number of carbonyl (C=O) groups excluding carboxylic acids is 2. The Morgan fingerprint density at radius 2 is 1.74 bits per heavy atom. The summed E-state index contributed by atoms with van der Waals surface area (Å²) in [5.74, 6) is -3.06. The minimum Gasteiger partial charge on any atom is -0.473 e. The number of benzene rings is 1. The summed E-state index contributed by atoms with van der Waals surface area (Å²) < 4.78 is 9.06. The standard InChI is InChI=1S/C22H23N3O3S.C2H2O4/c1-22(2,3)28-21(27)24-13-18(17-8-4-5-9-19(17)24)20(26)15-12-25(29-14-15)16-7-6-10-23-11-16;3-1(4)2(5)6/h4-11,13,15H,12,14H2,1-3H3;(H,3,4)(H,5,6). The number of fused-ring (bicyclic) bond motifs is 1. The second-order valence-electron chi connectivity index (χ2n) is 8.65. The lowest BCUT2D eigenvalue weighted by Crippen LogP contribution is -2.27. The Morgan fingerprint density at radius 3 is 2.34 bits per heavy atom. The van der Waals surface area contributed by atoms with Gasteiger partial charge in [0.25, 0.3) is 0 Å². The molecule has 0 spiro atoms. The number of Topliss-reactive ketones (excluding diaryl/α,β-unsaturated/α-hetero) is 1. The molecule has 2 N–H and O–H groups in total. The van der Waals surface area contributed by atoms with Gasteiger partial charge in [-0.1, -0.05) is 18.2 Å². The highest BCUT2D eigenvalue weighted by molar-refractivity contribution is 8.00. The van der Waals surface area contributed by atoms with Crippen LogP contribution in [-0.4, -0.2) is 61.5 Å². The minimum absolute atomic E-state index is 0.0439. The molecule has 0 amide bonds. The van der Waals surface area contributed by atoms with Crippen LogP contribution in [0.1, 0.15) is 31.1 Å². The van der Waals surface area contributed by atoms with E-state index in [-0.39, 0.29) is 11.7 Å². The Balaban J connectivity index is 0.000000509. The van der Waals surface area contributed by atoms with Gasteiger partial charge in [-0.2, -0.15) is 0 Å². The number of rotatable bonds is 3. The fraction of sp³-hybridized carbons (Fsp3) is 0.292. The first-order valence-electron chi connectivity index (χ1n) is 10.6. The number of aliphatic carboxylic acids is 2. The molecule has 1 fully saturated rings. The fourth-order valence-electron chi connectivity index (χ4n) is 3.38. The molecule has 1 saturated heterocycles. The second-order valence-corrected chi connectivity index (χ2v) is 9.68. The number of ketones is 1. The van der Waals surface area contributed by atoms with E-state index in [9.17, 15) is 9.59 Å². The van der Waals surface area contributed by atoms with Crippen LogP contribution in [0.5, 0.6) is 0 Å². The average molecular weight is 500 g/mol. The van der Waals surface area contributed by atoms with Crippen molar-refractivity contribution in [3.8, 4) is 0 Å². The molecular weight excluding hydrogens is 474 g/mol. The number of para-hydroxylation sites is 1. The molecular formula is C24H25N3O7S. The van der Waals surface area contributed by atoms with Crippen LogP contribution in [-0.2, 0) is 14.3 Å². The van der Waals surface area contributed by atoms with Crippen LogP contribution in [0.3, 0.4) is 0 Å². The zero-order chi connectivity index (χ0) is 25.8. The summed E-state index contributed by atoms with van der Waals surface area (Å²) in [6.45, 7) is 6.09. The maximum absolute atomic E-state index is 13.3. The Bertz CT molecular complexity index is 1240. The van der Waals surface area contributed by atoms with Crippen LogP contribution < -0.4 is 4.31 Å². The molecule has 11 heteroatoms. The van der Waals surface area contributed by atoms with Crippen molar-refractivity contribution in [3.05, 3.63) is 60.6 Å². The van der Waals surface area contributed by atoms with E-state index >= 15 is 0 Å². The maximum Gasteiger partial charge on any atom is 0.419 e. The molecule has 35 heavy (non-hydrogen) atoms. The van der Waals surface area contributed by atoms with Crippen molar-refractivity contribution in [3.63, 3.8) is 0 Å². The Kier molecular flexibility index (Phi) is 7.80. The van der Waals surface area contributed by atoms with E-state index in [4.69, 9.17) is 24.5 Å². The van der Waals surface area contributed by atoms with E-state index in [1.165, 1.54) is 4.57 Å². The Hall–Kier alpha value is -3.86. The highest BCUT2D eigenvalue weighted by Crippen LogP contribution is 2.34. The topological polar surface area (TPSA) is 139 Å². The minimum atomic E-state index is -1.82. The van der Waals surface area contributed by atoms with Crippen molar-refractivity contribution in [2.45, 2.75) is 26.4 Å². The Morgan fingerprint density at radius 1 is 1.06 bits per heavy atom. The second kappa shape index (κ2) is 10.6.